The molecule has 1 fully saturated rings. The van der Waals surface area contributed by atoms with Crippen LogP contribution in [0.25, 0.3) is 0 Å². The molecule has 0 saturated carbocycles. The average Bonchev–Trinajstić information content (AvgIpc) is 2.62. The number of hydrogen-bond acceptors (Lipinski definition) is 3. The molecule has 0 bridgehead atoms. The number of morpholine rings is 1. The van der Waals surface area contributed by atoms with Gasteiger partial charge in [-0.1, -0.05) is 23.8 Å². The molecule has 1 aliphatic rings. The molecule has 26 heavy (non-hydrogen) atoms. The lowest BCUT2D eigenvalue weighted by atomic mass is 10.0. The predicted molar refractivity (Wildman–Crippen MR) is 121 cm³/mol. The summed E-state index contributed by atoms with van der Waals surface area (Å²) in [5.74, 6) is 0.910. The molecule has 2 rings (SSSR count). The molecular weight excluding hydrogens is 439 g/mol. The number of nitrogens with zero attached hydrogens (tertiary/aromatic N) is 2. The van der Waals surface area contributed by atoms with Gasteiger partial charge in [-0.2, -0.15) is 0 Å². The third-order valence-electron chi connectivity index (χ3n) is 4.71. The van der Waals surface area contributed by atoms with Gasteiger partial charge in [0.2, 0.25) is 0 Å². The van der Waals surface area contributed by atoms with E-state index in [4.69, 9.17) is 9.73 Å². The number of guanidine groups is 1. The number of nitrogens with one attached hydrogen (secondary N) is 2. The number of benzene rings is 1. The fourth-order valence-corrected chi connectivity index (χ4v) is 3.14. The van der Waals surface area contributed by atoms with Gasteiger partial charge in [0.05, 0.1) is 19.8 Å². The Kier molecular flexibility index (Phi) is 11.2. The Balaban J connectivity index is 0.00000338. The van der Waals surface area contributed by atoms with E-state index in [2.05, 4.69) is 61.4 Å². The van der Waals surface area contributed by atoms with E-state index in [1.807, 2.05) is 0 Å². The van der Waals surface area contributed by atoms with Gasteiger partial charge < -0.3 is 15.4 Å². The first-order valence-electron chi connectivity index (χ1n) is 9.50. The summed E-state index contributed by atoms with van der Waals surface area (Å²) in [5, 5.41) is 6.81. The standard InChI is InChI=1S/C20H34N4O.HI/c1-5-21-20(23-15-18(4)24-10-12-25-13-11-24)22-9-8-19-7-6-16(2)14-17(19)3;/h6-7,14,18H,5,8-13,15H2,1-4H3,(H2,21,22,23);1H. The zero-order chi connectivity index (χ0) is 18.1. The molecule has 1 unspecified atom stereocenters. The van der Waals surface area contributed by atoms with Crippen molar-refractivity contribution >= 4 is 29.9 Å². The van der Waals surface area contributed by atoms with Gasteiger partial charge in [0.25, 0.3) is 0 Å². The van der Waals surface area contributed by atoms with Gasteiger partial charge in [0.1, 0.15) is 0 Å². The first-order valence-corrected chi connectivity index (χ1v) is 9.50. The molecule has 0 amide bonds. The zero-order valence-corrected chi connectivity index (χ0v) is 19.0. The number of rotatable bonds is 7. The fraction of sp³-hybridized carbons (Fsp3) is 0.650. The fourth-order valence-electron chi connectivity index (χ4n) is 3.14. The Morgan fingerprint density at radius 1 is 1.23 bits per heavy atom. The van der Waals surface area contributed by atoms with Gasteiger partial charge in [-0.25, -0.2) is 0 Å². The lowest BCUT2D eigenvalue weighted by molar-refractivity contribution is 0.0220. The number of halogens is 1. The van der Waals surface area contributed by atoms with Crippen LogP contribution in [-0.4, -0.2) is 62.8 Å². The maximum absolute atomic E-state index is 5.42. The highest BCUT2D eigenvalue weighted by atomic mass is 127. The molecule has 1 aliphatic heterocycles. The van der Waals surface area contributed by atoms with E-state index in [-0.39, 0.29) is 24.0 Å². The van der Waals surface area contributed by atoms with Crippen molar-refractivity contribution in [1.29, 1.82) is 0 Å². The minimum absolute atomic E-state index is 0. The smallest absolute Gasteiger partial charge is 0.191 e. The van der Waals surface area contributed by atoms with E-state index >= 15 is 0 Å². The summed E-state index contributed by atoms with van der Waals surface area (Å²) >= 11 is 0. The van der Waals surface area contributed by atoms with E-state index in [9.17, 15) is 0 Å². The molecule has 2 N–H and O–H groups in total. The third kappa shape index (κ3) is 7.80. The summed E-state index contributed by atoms with van der Waals surface area (Å²) in [5.41, 5.74) is 4.08. The summed E-state index contributed by atoms with van der Waals surface area (Å²) in [6.45, 7) is 14.9. The molecule has 0 spiro atoms. The van der Waals surface area contributed by atoms with Crippen molar-refractivity contribution < 1.29 is 4.74 Å². The maximum Gasteiger partial charge on any atom is 0.191 e. The first kappa shape index (κ1) is 23.2. The van der Waals surface area contributed by atoms with Crippen molar-refractivity contribution in [3.63, 3.8) is 0 Å². The van der Waals surface area contributed by atoms with Crippen LogP contribution in [0.2, 0.25) is 0 Å². The van der Waals surface area contributed by atoms with Gasteiger partial charge >= 0.3 is 0 Å². The summed E-state index contributed by atoms with van der Waals surface area (Å²) in [4.78, 5) is 7.22. The Morgan fingerprint density at radius 3 is 2.62 bits per heavy atom. The van der Waals surface area contributed by atoms with E-state index in [0.717, 1.165) is 58.3 Å². The van der Waals surface area contributed by atoms with Crippen LogP contribution in [0.4, 0.5) is 0 Å². The number of ether oxygens (including phenoxy) is 1. The molecule has 5 nitrogen and oxygen atoms in total. The highest BCUT2D eigenvalue weighted by molar-refractivity contribution is 14.0. The molecule has 0 aliphatic carbocycles. The number of hydrogen-bond donors (Lipinski definition) is 2. The van der Waals surface area contributed by atoms with Gasteiger partial charge in [0.15, 0.2) is 5.96 Å². The number of aliphatic imine (C=N–C) groups is 1. The maximum atomic E-state index is 5.42. The molecule has 6 heteroatoms. The van der Waals surface area contributed by atoms with E-state index in [0.29, 0.717) is 6.04 Å². The first-order chi connectivity index (χ1) is 12.1. The second-order valence-corrected chi connectivity index (χ2v) is 6.82. The molecule has 0 radical (unpaired) electrons. The molecule has 1 aromatic carbocycles. The van der Waals surface area contributed by atoms with Crippen LogP contribution in [0, 0.1) is 13.8 Å². The minimum Gasteiger partial charge on any atom is -0.379 e. The molecule has 1 saturated heterocycles. The predicted octanol–water partition coefficient (Wildman–Crippen LogP) is 2.74. The summed E-state index contributed by atoms with van der Waals surface area (Å²) in [6, 6.07) is 7.11. The SMILES string of the molecule is CCNC(=NCC(C)N1CCOCC1)NCCc1ccc(C)cc1C.I. The second-order valence-electron chi connectivity index (χ2n) is 6.82. The second kappa shape index (κ2) is 12.5. The van der Waals surface area contributed by atoms with Gasteiger partial charge in [-0.15, -0.1) is 24.0 Å². The van der Waals surface area contributed by atoms with Crippen molar-refractivity contribution in [3.8, 4) is 0 Å². The molecule has 1 atom stereocenters. The Labute approximate surface area is 176 Å². The molecular formula is C20H35IN4O. The Morgan fingerprint density at radius 2 is 1.96 bits per heavy atom. The molecule has 0 aromatic heterocycles. The quantitative estimate of drug-likeness (QED) is 0.363. The summed E-state index contributed by atoms with van der Waals surface area (Å²) < 4.78 is 5.42. The van der Waals surface area contributed by atoms with Crippen LogP contribution in [0.15, 0.2) is 23.2 Å². The lowest BCUT2D eigenvalue weighted by Gasteiger charge is -2.31. The minimum atomic E-state index is 0. The van der Waals surface area contributed by atoms with Crippen molar-refractivity contribution in [1.82, 2.24) is 15.5 Å². The summed E-state index contributed by atoms with van der Waals surface area (Å²) in [7, 11) is 0. The highest BCUT2D eigenvalue weighted by Gasteiger charge is 2.16. The zero-order valence-electron chi connectivity index (χ0n) is 16.7. The normalized spacial score (nSPS) is 16.7. The van der Waals surface area contributed by atoms with Crippen molar-refractivity contribution in [3.05, 3.63) is 34.9 Å². The van der Waals surface area contributed by atoms with E-state index in [1.165, 1.54) is 16.7 Å². The van der Waals surface area contributed by atoms with Gasteiger partial charge in [-0.05, 0) is 45.2 Å². The number of aryl methyl sites for hydroxylation is 2. The van der Waals surface area contributed by atoms with Crippen molar-refractivity contribution in [2.24, 2.45) is 4.99 Å². The van der Waals surface area contributed by atoms with Crippen LogP contribution < -0.4 is 10.6 Å². The van der Waals surface area contributed by atoms with Gasteiger partial charge in [0, 0.05) is 32.2 Å². The Bertz CT molecular complexity index is 559. The van der Waals surface area contributed by atoms with Crippen LogP contribution in [0.1, 0.15) is 30.5 Å². The van der Waals surface area contributed by atoms with Crippen LogP contribution in [0.5, 0.6) is 0 Å². The van der Waals surface area contributed by atoms with Crippen molar-refractivity contribution in [2.75, 3.05) is 45.9 Å². The third-order valence-corrected chi connectivity index (χ3v) is 4.71. The van der Waals surface area contributed by atoms with Crippen LogP contribution >= 0.6 is 24.0 Å². The molecule has 1 aromatic rings. The Hall–Kier alpha value is -0.860. The van der Waals surface area contributed by atoms with Gasteiger partial charge in [-0.3, -0.25) is 9.89 Å². The van der Waals surface area contributed by atoms with Crippen LogP contribution in [-0.2, 0) is 11.2 Å². The average molecular weight is 474 g/mol. The van der Waals surface area contributed by atoms with E-state index < -0.39 is 0 Å². The topological polar surface area (TPSA) is 48.9 Å². The largest absolute Gasteiger partial charge is 0.379 e. The van der Waals surface area contributed by atoms with E-state index in [1.54, 1.807) is 0 Å². The van der Waals surface area contributed by atoms with Crippen molar-refractivity contribution in [2.45, 2.75) is 40.2 Å². The molecule has 148 valence electrons. The molecule has 1 heterocycles. The summed E-state index contributed by atoms with van der Waals surface area (Å²) in [6.07, 6.45) is 1.01. The lowest BCUT2D eigenvalue weighted by Crippen LogP contribution is -2.44. The highest BCUT2D eigenvalue weighted by Crippen LogP contribution is 2.10. The monoisotopic (exact) mass is 474 g/mol. The van der Waals surface area contributed by atoms with Crippen LogP contribution in [0.3, 0.4) is 0 Å².